The van der Waals surface area contributed by atoms with Crippen molar-refractivity contribution in [2.24, 2.45) is 0 Å². The highest BCUT2D eigenvalue weighted by Gasteiger charge is 2.05. The zero-order valence-corrected chi connectivity index (χ0v) is 11.5. The molecular weight excluding hydrogens is 264 g/mol. The van der Waals surface area contributed by atoms with Gasteiger partial charge < -0.3 is 5.32 Å². The highest BCUT2D eigenvalue weighted by molar-refractivity contribution is 6.00. The number of pyridine rings is 2. The molecule has 0 radical (unpaired) electrons. The Morgan fingerprint density at radius 3 is 2.76 bits per heavy atom. The summed E-state index contributed by atoms with van der Waals surface area (Å²) < 4.78 is 0. The summed E-state index contributed by atoms with van der Waals surface area (Å²) in [5.41, 5.74) is 2.57. The average Bonchev–Trinajstić information content (AvgIpc) is 2.49. The van der Waals surface area contributed by atoms with Crippen molar-refractivity contribution in [3.63, 3.8) is 0 Å². The normalized spacial score (nSPS) is 10.3. The summed E-state index contributed by atoms with van der Waals surface area (Å²) in [7, 11) is 0. The number of hydrogen-bond acceptors (Lipinski definition) is 3. The predicted molar refractivity (Wildman–Crippen MR) is 83.4 cm³/mol. The number of aromatic nitrogens is 2. The number of para-hydroxylation sites is 1. The summed E-state index contributed by atoms with van der Waals surface area (Å²) in [5.74, 6) is 0.500. The van der Waals surface area contributed by atoms with Gasteiger partial charge in [0.05, 0.1) is 5.52 Å². The van der Waals surface area contributed by atoms with E-state index in [-0.39, 0.29) is 6.03 Å². The van der Waals surface area contributed by atoms with Crippen LogP contribution in [0.1, 0.15) is 5.56 Å². The van der Waals surface area contributed by atoms with E-state index in [1.165, 1.54) is 0 Å². The van der Waals surface area contributed by atoms with E-state index < -0.39 is 0 Å². The standard InChI is InChI=1S/C16H14N4O/c1-11-4-2-3-5-13(11)19-16(21)20-15-7-6-12-10-17-9-8-14(12)18-15/h2-10H,1H3,(H2,18,19,20,21). The lowest BCUT2D eigenvalue weighted by Crippen LogP contribution is -2.20. The molecule has 5 nitrogen and oxygen atoms in total. The molecule has 0 fully saturated rings. The van der Waals surface area contributed by atoms with E-state index in [0.29, 0.717) is 5.82 Å². The highest BCUT2D eigenvalue weighted by atomic mass is 16.2. The molecule has 0 aliphatic rings. The number of anilines is 2. The third-order valence-corrected chi connectivity index (χ3v) is 3.12. The van der Waals surface area contributed by atoms with E-state index in [1.807, 2.05) is 37.3 Å². The number of fused-ring (bicyclic) bond motifs is 1. The van der Waals surface area contributed by atoms with E-state index in [2.05, 4.69) is 20.6 Å². The van der Waals surface area contributed by atoms with Gasteiger partial charge in [-0.25, -0.2) is 9.78 Å². The highest BCUT2D eigenvalue weighted by Crippen LogP contribution is 2.15. The fourth-order valence-corrected chi connectivity index (χ4v) is 2.02. The molecule has 0 bridgehead atoms. The number of hydrogen-bond donors (Lipinski definition) is 2. The van der Waals surface area contributed by atoms with Gasteiger partial charge in [-0.3, -0.25) is 10.3 Å². The van der Waals surface area contributed by atoms with Gasteiger partial charge in [0.1, 0.15) is 5.82 Å². The lowest BCUT2D eigenvalue weighted by Gasteiger charge is -2.09. The van der Waals surface area contributed by atoms with Gasteiger partial charge >= 0.3 is 6.03 Å². The first-order valence-corrected chi connectivity index (χ1v) is 6.57. The number of urea groups is 1. The van der Waals surface area contributed by atoms with Gasteiger partial charge in [0, 0.05) is 23.5 Å². The van der Waals surface area contributed by atoms with Crippen molar-refractivity contribution >= 4 is 28.4 Å². The Morgan fingerprint density at radius 2 is 1.90 bits per heavy atom. The lowest BCUT2D eigenvalue weighted by atomic mass is 10.2. The molecule has 5 heteroatoms. The molecular formula is C16H14N4O. The molecule has 3 rings (SSSR count). The van der Waals surface area contributed by atoms with Crippen LogP contribution in [0.5, 0.6) is 0 Å². The molecule has 3 aromatic rings. The number of aryl methyl sites for hydroxylation is 1. The second-order valence-corrected chi connectivity index (χ2v) is 4.66. The van der Waals surface area contributed by atoms with Crippen molar-refractivity contribution in [2.45, 2.75) is 6.92 Å². The molecule has 0 unspecified atom stereocenters. The number of amides is 2. The summed E-state index contributed by atoms with van der Waals surface area (Å²) in [6.07, 6.45) is 3.41. The third-order valence-electron chi connectivity index (χ3n) is 3.12. The smallest absolute Gasteiger partial charge is 0.307 e. The second-order valence-electron chi connectivity index (χ2n) is 4.66. The minimum absolute atomic E-state index is 0.315. The average molecular weight is 278 g/mol. The Hall–Kier alpha value is -2.95. The summed E-state index contributed by atoms with van der Waals surface area (Å²) >= 11 is 0. The van der Waals surface area contributed by atoms with E-state index in [0.717, 1.165) is 22.2 Å². The van der Waals surface area contributed by atoms with Crippen LogP contribution in [0.4, 0.5) is 16.3 Å². The number of nitrogens with one attached hydrogen (secondary N) is 2. The van der Waals surface area contributed by atoms with Crippen molar-refractivity contribution < 1.29 is 4.79 Å². The minimum atomic E-state index is -0.315. The number of rotatable bonds is 2. The molecule has 2 amide bonds. The molecule has 21 heavy (non-hydrogen) atoms. The van der Waals surface area contributed by atoms with Gasteiger partial charge in [0.2, 0.25) is 0 Å². The molecule has 1 aromatic carbocycles. The van der Waals surface area contributed by atoms with Crippen LogP contribution < -0.4 is 10.6 Å². The number of benzene rings is 1. The van der Waals surface area contributed by atoms with Crippen LogP contribution in [0.3, 0.4) is 0 Å². The zero-order chi connectivity index (χ0) is 14.7. The van der Waals surface area contributed by atoms with Gasteiger partial charge in [-0.05, 0) is 36.8 Å². The van der Waals surface area contributed by atoms with Gasteiger partial charge in [0.25, 0.3) is 0 Å². The first-order chi connectivity index (χ1) is 10.2. The Bertz CT molecular complexity index is 801. The SMILES string of the molecule is Cc1ccccc1NC(=O)Nc1ccc2cnccc2n1. The Balaban J connectivity index is 1.75. The van der Waals surface area contributed by atoms with Crippen molar-refractivity contribution in [1.29, 1.82) is 0 Å². The van der Waals surface area contributed by atoms with Crippen LogP contribution in [0.25, 0.3) is 10.9 Å². The molecule has 0 aliphatic heterocycles. The lowest BCUT2D eigenvalue weighted by molar-refractivity contribution is 0.262. The topological polar surface area (TPSA) is 66.9 Å². The van der Waals surface area contributed by atoms with Gasteiger partial charge in [-0.1, -0.05) is 18.2 Å². The largest absolute Gasteiger partial charge is 0.324 e. The molecule has 104 valence electrons. The van der Waals surface area contributed by atoms with Gasteiger partial charge in [-0.15, -0.1) is 0 Å². The Labute approximate surface area is 122 Å². The molecule has 0 aliphatic carbocycles. The minimum Gasteiger partial charge on any atom is -0.307 e. The van der Waals surface area contributed by atoms with E-state index in [4.69, 9.17) is 0 Å². The first-order valence-electron chi connectivity index (χ1n) is 6.57. The maximum Gasteiger partial charge on any atom is 0.324 e. The van der Waals surface area contributed by atoms with Gasteiger partial charge in [-0.2, -0.15) is 0 Å². The maximum absolute atomic E-state index is 12.0. The summed E-state index contributed by atoms with van der Waals surface area (Å²) in [6, 6.07) is 12.7. The second kappa shape index (κ2) is 5.58. The summed E-state index contributed by atoms with van der Waals surface area (Å²) in [6.45, 7) is 1.94. The summed E-state index contributed by atoms with van der Waals surface area (Å²) in [5, 5.41) is 6.47. The molecule has 0 saturated carbocycles. The number of carbonyl (C=O) groups is 1. The molecule has 0 atom stereocenters. The molecule has 0 saturated heterocycles. The molecule has 2 aromatic heterocycles. The van der Waals surface area contributed by atoms with Crippen molar-refractivity contribution in [2.75, 3.05) is 10.6 Å². The number of nitrogens with zero attached hydrogens (tertiary/aromatic N) is 2. The van der Waals surface area contributed by atoms with Crippen molar-refractivity contribution in [3.8, 4) is 0 Å². The van der Waals surface area contributed by atoms with Crippen LogP contribution in [-0.4, -0.2) is 16.0 Å². The Morgan fingerprint density at radius 1 is 1.05 bits per heavy atom. The van der Waals surface area contributed by atoms with E-state index in [1.54, 1.807) is 24.5 Å². The van der Waals surface area contributed by atoms with Gasteiger partial charge in [0.15, 0.2) is 0 Å². The monoisotopic (exact) mass is 278 g/mol. The maximum atomic E-state index is 12.0. The van der Waals surface area contributed by atoms with Crippen LogP contribution in [0.2, 0.25) is 0 Å². The predicted octanol–water partition coefficient (Wildman–Crippen LogP) is 3.58. The van der Waals surface area contributed by atoms with E-state index >= 15 is 0 Å². The van der Waals surface area contributed by atoms with E-state index in [9.17, 15) is 4.79 Å². The first kappa shape index (κ1) is 13.1. The van der Waals surface area contributed by atoms with Crippen molar-refractivity contribution in [3.05, 3.63) is 60.4 Å². The fraction of sp³-hybridized carbons (Fsp3) is 0.0625. The van der Waals surface area contributed by atoms with Crippen LogP contribution in [-0.2, 0) is 0 Å². The fourth-order valence-electron chi connectivity index (χ4n) is 2.02. The Kier molecular flexibility index (Phi) is 3.47. The van der Waals surface area contributed by atoms with Crippen LogP contribution in [0.15, 0.2) is 54.9 Å². The summed E-state index contributed by atoms with van der Waals surface area (Å²) in [4.78, 5) is 20.4. The van der Waals surface area contributed by atoms with Crippen LogP contribution >= 0.6 is 0 Å². The molecule has 2 heterocycles. The quantitative estimate of drug-likeness (QED) is 0.753. The molecule has 0 spiro atoms. The third kappa shape index (κ3) is 2.97. The zero-order valence-electron chi connectivity index (χ0n) is 11.5. The van der Waals surface area contributed by atoms with Crippen LogP contribution in [0, 0.1) is 6.92 Å². The molecule has 2 N–H and O–H groups in total. The number of carbonyl (C=O) groups excluding carboxylic acids is 1. The van der Waals surface area contributed by atoms with Crippen molar-refractivity contribution in [1.82, 2.24) is 9.97 Å².